The Labute approximate surface area is 149 Å². The number of methoxy groups -OCH3 is 1. The first kappa shape index (κ1) is 18.2. The SMILES string of the molecule is CCS(=O)(=O)N(C1CC1)C1CC(C)(C)Oc2ccc(C(=O)OC)cc21. The molecule has 1 unspecified atom stereocenters. The second-order valence-corrected chi connectivity index (χ2v) is 9.45. The molecular weight excluding hydrogens is 342 g/mol. The van der Waals surface area contributed by atoms with Crippen molar-refractivity contribution in [2.75, 3.05) is 12.9 Å². The summed E-state index contributed by atoms with van der Waals surface area (Å²) in [6, 6.07) is 4.80. The number of ether oxygens (including phenoxy) is 2. The van der Waals surface area contributed by atoms with Crippen molar-refractivity contribution in [1.29, 1.82) is 0 Å². The molecule has 1 aliphatic carbocycles. The zero-order valence-electron chi connectivity index (χ0n) is 15.1. The van der Waals surface area contributed by atoms with Crippen molar-refractivity contribution in [2.24, 2.45) is 0 Å². The molecule has 0 spiro atoms. The largest absolute Gasteiger partial charge is 0.487 e. The van der Waals surface area contributed by atoms with Crippen LogP contribution in [-0.2, 0) is 14.8 Å². The van der Waals surface area contributed by atoms with E-state index in [0.29, 0.717) is 17.7 Å². The Bertz CT molecular complexity index is 783. The van der Waals surface area contributed by atoms with Gasteiger partial charge in [-0.25, -0.2) is 13.2 Å². The number of fused-ring (bicyclic) bond motifs is 1. The number of hydrogen-bond donors (Lipinski definition) is 0. The smallest absolute Gasteiger partial charge is 0.337 e. The topological polar surface area (TPSA) is 72.9 Å². The van der Waals surface area contributed by atoms with Crippen LogP contribution in [0.2, 0.25) is 0 Å². The molecule has 2 aliphatic rings. The average molecular weight is 367 g/mol. The van der Waals surface area contributed by atoms with Crippen molar-refractivity contribution in [3.05, 3.63) is 29.3 Å². The van der Waals surface area contributed by atoms with Crippen LogP contribution in [0, 0.1) is 0 Å². The molecule has 3 rings (SSSR count). The highest BCUT2D eigenvalue weighted by atomic mass is 32.2. The van der Waals surface area contributed by atoms with Crippen LogP contribution in [-0.4, -0.2) is 43.2 Å². The third-order valence-electron chi connectivity index (χ3n) is 4.76. The van der Waals surface area contributed by atoms with Crippen molar-refractivity contribution in [1.82, 2.24) is 4.31 Å². The third kappa shape index (κ3) is 3.53. The lowest BCUT2D eigenvalue weighted by molar-refractivity contribution is 0.0487. The maximum absolute atomic E-state index is 12.8. The zero-order valence-corrected chi connectivity index (χ0v) is 15.9. The standard InChI is InChI=1S/C18H25NO5S/c1-5-25(21,22)19(13-7-8-13)15-11-18(2,3)24-16-9-6-12(10-14(15)16)17(20)23-4/h6,9-10,13,15H,5,7-8,11H2,1-4H3. The molecule has 1 aromatic carbocycles. The van der Waals surface area contributed by atoms with E-state index in [-0.39, 0.29) is 17.8 Å². The molecule has 1 atom stereocenters. The molecule has 1 aliphatic heterocycles. The molecule has 1 fully saturated rings. The summed E-state index contributed by atoms with van der Waals surface area (Å²) >= 11 is 0. The molecule has 1 heterocycles. The van der Waals surface area contributed by atoms with Gasteiger partial charge in [0.05, 0.1) is 24.5 Å². The third-order valence-corrected chi connectivity index (χ3v) is 6.69. The lowest BCUT2D eigenvalue weighted by Crippen LogP contribution is -2.45. The van der Waals surface area contributed by atoms with E-state index in [4.69, 9.17) is 9.47 Å². The number of hydrogen-bond acceptors (Lipinski definition) is 5. The minimum atomic E-state index is -3.37. The van der Waals surface area contributed by atoms with Crippen molar-refractivity contribution in [2.45, 2.75) is 57.7 Å². The first-order chi connectivity index (χ1) is 11.7. The van der Waals surface area contributed by atoms with Gasteiger partial charge in [0.25, 0.3) is 0 Å². The van der Waals surface area contributed by atoms with Gasteiger partial charge in [0.2, 0.25) is 10.0 Å². The second-order valence-electron chi connectivity index (χ2n) is 7.29. The number of carbonyl (C=O) groups is 1. The molecule has 0 bridgehead atoms. The average Bonchev–Trinajstić information content (AvgIpc) is 3.37. The normalized spacial score (nSPS) is 22.2. The Hall–Kier alpha value is -1.60. The van der Waals surface area contributed by atoms with E-state index in [1.807, 2.05) is 13.8 Å². The van der Waals surface area contributed by atoms with E-state index in [1.54, 1.807) is 29.4 Å². The van der Waals surface area contributed by atoms with Gasteiger partial charge >= 0.3 is 5.97 Å². The van der Waals surface area contributed by atoms with Crippen LogP contribution in [0.5, 0.6) is 5.75 Å². The Morgan fingerprint density at radius 2 is 2.04 bits per heavy atom. The van der Waals surface area contributed by atoms with E-state index in [0.717, 1.165) is 18.4 Å². The molecule has 7 heteroatoms. The van der Waals surface area contributed by atoms with Crippen molar-refractivity contribution >= 4 is 16.0 Å². The van der Waals surface area contributed by atoms with Crippen LogP contribution in [0.4, 0.5) is 0 Å². The maximum atomic E-state index is 12.8. The van der Waals surface area contributed by atoms with E-state index in [1.165, 1.54) is 7.11 Å². The fourth-order valence-electron chi connectivity index (χ4n) is 3.44. The van der Waals surface area contributed by atoms with Gasteiger partial charge in [0.1, 0.15) is 11.4 Å². The summed E-state index contributed by atoms with van der Waals surface area (Å²) in [4.78, 5) is 11.9. The van der Waals surface area contributed by atoms with Gasteiger partial charge in [-0.3, -0.25) is 0 Å². The lowest BCUT2D eigenvalue weighted by Gasteiger charge is -2.42. The number of sulfonamides is 1. The van der Waals surface area contributed by atoms with Crippen molar-refractivity contribution < 1.29 is 22.7 Å². The first-order valence-electron chi connectivity index (χ1n) is 8.61. The Balaban J connectivity index is 2.11. The number of benzene rings is 1. The number of esters is 1. The minimum Gasteiger partial charge on any atom is -0.487 e. The van der Waals surface area contributed by atoms with Gasteiger partial charge in [0, 0.05) is 18.0 Å². The zero-order chi connectivity index (χ0) is 18.4. The molecule has 0 aromatic heterocycles. The number of carbonyl (C=O) groups excluding carboxylic acids is 1. The van der Waals surface area contributed by atoms with Crippen LogP contribution in [0.3, 0.4) is 0 Å². The molecular formula is C18H25NO5S. The highest BCUT2D eigenvalue weighted by molar-refractivity contribution is 7.89. The van der Waals surface area contributed by atoms with Crippen LogP contribution >= 0.6 is 0 Å². The molecule has 0 N–H and O–H groups in total. The Morgan fingerprint density at radius 1 is 1.36 bits per heavy atom. The number of nitrogens with zero attached hydrogens (tertiary/aromatic N) is 1. The quantitative estimate of drug-likeness (QED) is 0.748. The van der Waals surface area contributed by atoms with E-state index in [2.05, 4.69) is 0 Å². The Kier molecular flexibility index (Phi) is 4.58. The lowest BCUT2D eigenvalue weighted by atomic mass is 9.88. The molecule has 0 amide bonds. The highest BCUT2D eigenvalue weighted by Crippen LogP contribution is 2.47. The van der Waals surface area contributed by atoms with Gasteiger partial charge in [-0.15, -0.1) is 0 Å². The van der Waals surface area contributed by atoms with Crippen LogP contribution < -0.4 is 4.74 Å². The summed E-state index contributed by atoms with van der Waals surface area (Å²) in [5, 5.41) is 0. The molecule has 25 heavy (non-hydrogen) atoms. The Morgan fingerprint density at radius 3 is 2.60 bits per heavy atom. The van der Waals surface area contributed by atoms with Gasteiger partial charge in [-0.1, -0.05) is 0 Å². The van der Waals surface area contributed by atoms with E-state index in [9.17, 15) is 13.2 Å². The van der Waals surface area contributed by atoms with Gasteiger partial charge in [-0.2, -0.15) is 4.31 Å². The summed E-state index contributed by atoms with van der Waals surface area (Å²) in [7, 11) is -2.04. The predicted molar refractivity (Wildman–Crippen MR) is 94.2 cm³/mol. The fraction of sp³-hybridized carbons (Fsp3) is 0.611. The molecule has 6 nitrogen and oxygen atoms in total. The maximum Gasteiger partial charge on any atom is 0.337 e. The second kappa shape index (κ2) is 6.29. The van der Waals surface area contributed by atoms with E-state index >= 15 is 0 Å². The molecule has 138 valence electrons. The van der Waals surface area contributed by atoms with Crippen LogP contribution in [0.25, 0.3) is 0 Å². The molecule has 1 aromatic rings. The van der Waals surface area contributed by atoms with E-state index < -0.39 is 21.6 Å². The highest BCUT2D eigenvalue weighted by Gasteiger charge is 2.46. The van der Waals surface area contributed by atoms with Gasteiger partial charge in [-0.05, 0) is 51.8 Å². The van der Waals surface area contributed by atoms with Crippen molar-refractivity contribution in [3.8, 4) is 5.75 Å². The van der Waals surface area contributed by atoms with Gasteiger partial charge < -0.3 is 9.47 Å². The summed E-state index contributed by atoms with van der Waals surface area (Å²) in [5.41, 5.74) is 0.659. The summed E-state index contributed by atoms with van der Waals surface area (Å²) in [6.07, 6.45) is 2.30. The first-order valence-corrected chi connectivity index (χ1v) is 10.2. The number of rotatable bonds is 5. The summed E-state index contributed by atoms with van der Waals surface area (Å²) in [5.74, 6) is 0.251. The van der Waals surface area contributed by atoms with Crippen LogP contribution in [0.1, 0.15) is 62.0 Å². The summed E-state index contributed by atoms with van der Waals surface area (Å²) in [6.45, 7) is 5.59. The summed E-state index contributed by atoms with van der Waals surface area (Å²) < 4.78 is 38.0. The fourth-order valence-corrected chi connectivity index (χ4v) is 4.98. The minimum absolute atomic E-state index is 0.0403. The van der Waals surface area contributed by atoms with Crippen LogP contribution in [0.15, 0.2) is 18.2 Å². The molecule has 0 radical (unpaired) electrons. The van der Waals surface area contributed by atoms with Crippen molar-refractivity contribution in [3.63, 3.8) is 0 Å². The monoisotopic (exact) mass is 367 g/mol. The predicted octanol–water partition coefficient (Wildman–Crippen LogP) is 2.89. The molecule has 0 saturated heterocycles. The van der Waals surface area contributed by atoms with Gasteiger partial charge in [0.15, 0.2) is 0 Å². The molecule has 1 saturated carbocycles.